The van der Waals surface area contributed by atoms with Crippen molar-refractivity contribution in [2.24, 2.45) is 5.92 Å². The van der Waals surface area contributed by atoms with Crippen LogP contribution in [0.5, 0.6) is 0 Å². The van der Waals surface area contributed by atoms with E-state index >= 15 is 0 Å². The summed E-state index contributed by atoms with van der Waals surface area (Å²) in [5.41, 5.74) is -2.23. The average Bonchev–Trinajstić information content (AvgIpc) is 3.20. The van der Waals surface area contributed by atoms with Gasteiger partial charge in [0.05, 0.1) is 5.41 Å². The van der Waals surface area contributed by atoms with Crippen molar-refractivity contribution in [1.82, 2.24) is 10.2 Å². The molecule has 1 aromatic rings. The molecule has 1 unspecified atom stereocenters. The van der Waals surface area contributed by atoms with E-state index in [9.17, 15) is 23.1 Å². The van der Waals surface area contributed by atoms with Gasteiger partial charge in [-0.2, -0.15) is 13.2 Å². The van der Waals surface area contributed by atoms with Crippen molar-refractivity contribution in [3.05, 3.63) is 34.9 Å². The van der Waals surface area contributed by atoms with Gasteiger partial charge in [0.25, 0.3) is 0 Å². The minimum atomic E-state index is -4.62. The molecule has 2 N–H and O–H groups in total. The summed E-state index contributed by atoms with van der Waals surface area (Å²) in [5, 5.41) is 13.7. The molecule has 1 amide bonds. The predicted molar refractivity (Wildman–Crippen MR) is 115 cm³/mol. The lowest BCUT2D eigenvalue weighted by molar-refractivity contribution is -0.273. The highest BCUT2D eigenvalue weighted by atomic mass is 35.5. The quantitative estimate of drug-likeness (QED) is 0.648. The highest BCUT2D eigenvalue weighted by molar-refractivity contribution is 6.30. The Morgan fingerprint density at radius 3 is 2.16 bits per heavy atom. The van der Waals surface area contributed by atoms with Gasteiger partial charge in [-0.3, -0.25) is 9.69 Å². The zero-order valence-electron chi connectivity index (χ0n) is 18.1. The minimum Gasteiger partial charge on any atom is -0.380 e. The molecular weight excluding hydrogens is 429 g/mol. The van der Waals surface area contributed by atoms with Gasteiger partial charge in [-0.1, -0.05) is 50.4 Å². The number of carbonyl (C=O) groups is 1. The van der Waals surface area contributed by atoms with E-state index in [4.69, 9.17) is 11.6 Å². The van der Waals surface area contributed by atoms with Gasteiger partial charge in [0.2, 0.25) is 5.91 Å². The average molecular weight is 461 g/mol. The summed E-state index contributed by atoms with van der Waals surface area (Å²) >= 11 is 6.02. The normalized spacial score (nSPS) is 22.5. The van der Waals surface area contributed by atoms with Crippen LogP contribution in [0, 0.1) is 5.92 Å². The van der Waals surface area contributed by atoms with Gasteiger partial charge in [0.1, 0.15) is 0 Å². The molecule has 0 spiro atoms. The van der Waals surface area contributed by atoms with Gasteiger partial charge >= 0.3 is 6.18 Å². The van der Waals surface area contributed by atoms with E-state index in [2.05, 4.69) is 5.32 Å². The van der Waals surface area contributed by atoms with Gasteiger partial charge in [0.15, 0.2) is 5.60 Å². The molecule has 1 aliphatic heterocycles. The van der Waals surface area contributed by atoms with Crippen molar-refractivity contribution in [3.63, 3.8) is 0 Å². The predicted octanol–water partition coefficient (Wildman–Crippen LogP) is 4.68. The number of benzene rings is 1. The van der Waals surface area contributed by atoms with Crippen LogP contribution in [0.4, 0.5) is 13.2 Å². The zero-order chi connectivity index (χ0) is 22.9. The molecule has 31 heavy (non-hydrogen) atoms. The maximum absolute atomic E-state index is 13.3. The van der Waals surface area contributed by atoms with Crippen LogP contribution in [0.2, 0.25) is 5.02 Å². The smallest absolute Gasteiger partial charge is 0.380 e. The van der Waals surface area contributed by atoms with Crippen LogP contribution >= 0.6 is 11.6 Å². The Hall–Kier alpha value is -1.31. The van der Waals surface area contributed by atoms with E-state index in [0.29, 0.717) is 11.6 Å². The number of carbonyl (C=O) groups excluding carboxylic acids is 1. The Balaban J connectivity index is 1.67. The standard InChI is InChI=1S/C23H32ClF3N2O2/c1-16(2)19(29-13-11-22(31,12-14-29)23(25,26)27)15-28-20(30)21(9-3-4-10-21)17-5-7-18(24)8-6-17/h5-8,16,19,31H,3-4,9-15H2,1-2H3,(H,28,30). The van der Waals surface area contributed by atoms with Crippen molar-refractivity contribution in [2.45, 2.75) is 75.6 Å². The Kier molecular flexibility index (Phi) is 7.28. The summed E-state index contributed by atoms with van der Waals surface area (Å²) in [5.74, 6) is 0.120. The van der Waals surface area contributed by atoms with E-state index in [0.717, 1.165) is 31.2 Å². The summed E-state index contributed by atoms with van der Waals surface area (Å²) in [6.45, 7) is 4.68. The molecule has 8 heteroatoms. The van der Waals surface area contributed by atoms with E-state index in [-0.39, 0.29) is 43.8 Å². The number of hydrogen-bond donors (Lipinski definition) is 2. The molecule has 4 nitrogen and oxygen atoms in total. The maximum Gasteiger partial charge on any atom is 0.417 e. The molecule has 2 fully saturated rings. The number of nitrogens with one attached hydrogen (secondary N) is 1. The highest BCUT2D eigenvalue weighted by Crippen LogP contribution is 2.42. The first-order valence-electron chi connectivity index (χ1n) is 11.1. The second kappa shape index (κ2) is 9.28. The molecular formula is C23H32ClF3N2O2. The van der Waals surface area contributed by atoms with Crippen LogP contribution in [-0.4, -0.2) is 53.4 Å². The lowest BCUT2D eigenvalue weighted by Crippen LogP contribution is -2.58. The first-order valence-corrected chi connectivity index (χ1v) is 11.4. The van der Waals surface area contributed by atoms with Gasteiger partial charge < -0.3 is 10.4 Å². The molecule has 0 aromatic heterocycles. The lowest BCUT2D eigenvalue weighted by atomic mass is 9.78. The number of likely N-dealkylation sites (tertiary alicyclic amines) is 1. The van der Waals surface area contributed by atoms with Crippen LogP contribution in [0.25, 0.3) is 0 Å². The fraction of sp³-hybridized carbons (Fsp3) is 0.696. The largest absolute Gasteiger partial charge is 0.417 e. The van der Waals surface area contributed by atoms with Crippen molar-refractivity contribution in [3.8, 4) is 0 Å². The molecule has 1 saturated heterocycles. The molecule has 1 aromatic carbocycles. The number of piperidine rings is 1. The van der Waals surface area contributed by atoms with Crippen molar-refractivity contribution >= 4 is 17.5 Å². The van der Waals surface area contributed by atoms with Crippen LogP contribution in [0.15, 0.2) is 24.3 Å². The Labute approximate surface area is 187 Å². The van der Waals surface area contributed by atoms with Gasteiger partial charge in [-0.25, -0.2) is 0 Å². The number of halogens is 4. The lowest BCUT2D eigenvalue weighted by Gasteiger charge is -2.43. The number of alkyl halides is 3. The molecule has 2 aliphatic rings. The Morgan fingerprint density at radius 2 is 1.68 bits per heavy atom. The molecule has 1 aliphatic carbocycles. The van der Waals surface area contributed by atoms with Crippen LogP contribution in [-0.2, 0) is 10.2 Å². The monoisotopic (exact) mass is 460 g/mol. The molecule has 0 radical (unpaired) electrons. The van der Waals surface area contributed by atoms with Crippen molar-refractivity contribution in [1.29, 1.82) is 0 Å². The molecule has 1 atom stereocenters. The SMILES string of the molecule is CC(C)C(CNC(=O)C1(c2ccc(Cl)cc2)CCCC1)N1CCC(O)(C(F)(F)F)CC1. The Bertz CT molecular complexity index is 753. The molecule has 1 saturated carbocycles. The van der Waals surface area contributed by atoms with Gasteiger partial charge in [-0.05, 0) is 49.3 Å². The number of rotatable bonds is 6. The number of amides is 1. The number of hydrogen-bond acceptors (Lipinski definition) is 3. The summed E-state index contributed by atoms with van der Waals surface area (Å²) in [6, 6.07) is 7.34. The summed E-state index contributed by atoms with van der Waals surface area (Å²) in [4.78, 5) is 15.3. The first kappa shape index (κ1) is 24.3. The maximum atomic E-state index is 13.3. The highest BCUT2D eigenvalue weighted by Gasteiger charge is 2.55. The van der Waals surface area contributed by atoms with Gasteiger partial charge in [0, 0.05) is 30.7 Å². The first-order chi connectivity index (χ1) is 14.5. The summed E-state index contributed by atoms with van der Waals surface area (Å²) in [6.07, 6.45) is -1.80. The topological polar surface area (TPSA) is 52.6 Å². The van der Waals surface area contributed by atoms with Gasteiger partial charge in [-0.15, -0.1) is 0 Å². The zero-order valence-corrected chi connectivity index (χ0v) is 18.9. The third kappa shape index (κ3) is 5.04. The van der Waals surface area contributed by atoms with E-state index in [1.807, 2.05) is 30.9 Å². The molecule has 1 heterocycles. The second-order valence-electron chi connectivity index (χ2n) is 9.38. The van der Waals surface area contributed by atoms with Crippen molar-refractivity contribution in [2.75, 3.05) is 19.6 Å². The second-order valence-corrected chi connectivity index (χ2v) is 9.82. The van der Waals surface area contributed by atoms with Crippen LogP contribution in [0.1, 0.15) is 57.9 Å². The fourth-order valence-electron chi connectivity index (χ4n) is 5.06. The molecule has 174 valence electrons. The number of nitrogens with zero attached hydrogens (tertiary/aromatic N) is 1. The molecule has 0 bridgehead atoms. The van der Waals surface area contributed by atoms with E-state index < -0.39 is 17.2 Å². The fourth-order valence-corrected chi connectivity index (χ4v) is 5.18. The third-order valence-corrected chi connectivity index (χ3v) is 7.40. The van der Waals surface area contributed by atoms with E-state index in [1.54, 1.807) is 12.1 Å². The molecule has 3 rings (SSSR count). The summed E-state index contributed by atoms with van der Waals surface area (Å²) in [7, 11) is 0. The van der Waals surface area contributed by atoms with Crippen molar-refractivity contribution < 1.29 is 23.1 Å². The third-order valence-electron chi connectivity index (χ3n) is 7.15. The van der Waals surface area contributed by atoms with Crippen LogP contribution < -0.4 is 5.32 Å². The minimum absolute atomic E-state index is 0.0261. The van der Waals surface area contributed by atoms with E-state index in [1.165, 1.54) is 0 Å². The Morgan fingerprint density at radius 1 is 1.13 bits per heavy atom. The summed E-state index contributed by atoms with van der Waals surface area (Å²) < 4.78 is 39.4. The number of aliphatic hydroxyl groups is 1. The van der Waals surface area contributed by atoms with Crippen LogP contribution in [0.3, 0.4) is 0 Å².